The first-order valence-corrected chi connectivity index (χ1v) is 14.3. The highest BCUT2D eigenvalue weighted by atomic mass is 32.1. The van der Waals surface area contributed by atoms with Gasteiger partial charge in [-0.15, -0.1) is 45.3 Å². The normalized spacial score (nSPS) is 18.0. The average molecular weight is 487 g/mol. The lowest BCUT2D eigenvalue weighted by Gasteiger charge is -2.12. The fourth-order valence-corrected chi connectivity index (χ4v) is 9.82. The Labute approximate surface area is 204 Å². The summed E-state index contributed by atoms with van der Waals surface area (Å²) in [6.45, 7) is 9.17. The van der Waals surface area contributed by atoms with Crippen molar-refractivity contribution in [2.24, 2.45) is 0 Å². The van der Waals surface area contributed by atoms with Crippen LogP contribution in [-0.2, 0) is 0 Å². The molecule has 1 aromatic carbocycles. The molecule has 4 aromatic heterocycles. The Morgan fingerprint density at radius 3 is 1.31 bits per heavy atom. The van der Waals surface area contributed by atoms with Crippen molar-refractivity contribution in [3.05, 3.63) is 80.5 Å². The van der Waals surface area contributed by atoms with Crippen LogP contribution in [0.2, 0.25) is 0 Å². The molecule has 0 saturated heterocycles. The van der Waals surface area contributed by atoms with Crippen molar-refractivity contribution in [2.45, 2.75) is 39.5 Å². The van der Waals surface area contributed by atoms with E-state index in [0.29, 0.717) is 11.8 Å². The molecular weight excluding hydrogens is 465 g/mol. The number of fused-ring (bicyclic) bond motifs is 6. The van der Waals surface area contributed by atoms with E-state index in [4.69, 9.17) is 0 Å². The van der Waals surface area contributed by atoms with E-state index >= 15 is 0 Å². The summed E-state index contributed by atoms with van der Waals surface area (Å²) in [7, 11) is 0. The van der Waals surface area contributed by atoms with Gasteiger partial charge in [0.15, 0.2) is 0 Å². The maximum absolute atomic E-state index is 2.53. The third-order valence-corrected chi connectivity index (χ3v) is 11.8. The predicted molar refractivity (Wildman–Crippen MR) is 144 cm³/mol. The largest absolute Gasteiger partial charge is 0.140 e. The van der Waals surface area contributed by atoms with Crippen LogP contribution in [0.25, 0.3) is 40.4 Å². The Kier molecular flexibility index (Phi) is 4.12. The van der Waals surface area contributed by atoms with Crippen LogP contribution in [0.15, 0.2) is 48.5 Å². The minimum Gasteiger partial charge on any atom is -0.140 e. The van der Waals surface area contributed by atoms with E-state index in [9.17, 15) is 0 Å². The number of aryl methyl sites for hydroxylation is 2. The molecule has 0 saturated carbocycles. The molecule has 5 aromatic rings. The fourth-order valence-electron chi connectivity index (χ4n) is 5.33. The van der Waals surface area contributed by atoms with Gasteiger partial charge in [0.1, 0.15) is 0 Å². The summed E-state index contributed by atoms with van der Waals surface area (Å²) in [6.07, 6.45) is 0. The number of rotatable bonds is 2. The van der Waals surface area contributed by atoms with Crippen LogP contribution in [0.3, 0.4) is 0 Å². The first-order chi connectivity index (χ1) is 15.5. The molecule has 4 heteroatoms. The number of benzene rings is 1. The molecule has 158 valence electrons. The highest BCUT2D eigenvalue weighted by molar-refractivity contribution is 7.24. The van der Waals surface area contributed by atoms with Gasteiger partial charge in [-0.25, -0.2) is 0 Å². The van der Waals surface area contributed by atoms with Crippen LogP contribution in [0.1, 0.15) is 57.7 Å². The third kappa shape index (κ3) is 2.64. The molecule has 32 heavy (non-hydrogen) atoms. The van der Waals surface area contributed by atoms with Gasteiger partial charge in [0.25, 0.3) is 0 Å². The lowest BCUT2D eigenvalue weighted by atomic mass is 9.93. The monoisotopic (exact) mass is 486 g/mol. The number of thiophene rings is 4. The zero-order valence-corrected chi connectivity index (χ0v) is 21.7. The third-order valence-electron chi connectivity index (χ3n) is 7.06. The highest BCUT2D eigenvalue weighted by Crippen LogP contribution is 2.57. The Balaban J connectivity index is 1.34. The lowest BCUT2D eigenvalue weighted by molar-refractivity contribution is 0.946. The van der Waals surface area contributed by atoms with Gasteiger partial charge >= 0.3 is 0 Å². The molecule has 0 amide bonds. The molecule has 0 radical (unpaired) electrons. The highest BCUT2D eigenvalue weighted by Gasteiger charge is 2.35. The molecular formula is C28H22S4. The van der Waals surface area contributed by atoms with Gasteiger partial charge in [0.2, 0.25) is 0 Å². The van der Waals surface area contributed by atoms with Crippen LogP contribution in [-0.4, -0.2) is 0 Å². The van der Waals surface area contributed by atoms with E-state index in [1.54, 1.807) is 0 Å². The van der Waals surface area contributed by atoms with E-state index in [-0.39, 0.29) is 0 Å². The smallest absolute Gasteiger partial charge is 0.0452 e. The molecule has 0 aliphatic heterocycles. The Bertz CT molecular complexity index is 1420. The van der Waals surface area contributed by atoms with Crippen molar-refractivity contribution in [1.29, 1.82) is 0 Å². The Morgan fingerprint density at radius 1 is 0.500 bits per heavy atom. The maximum atomic E-state index is 2.53. The molecule has 0 fully saturated rings. The quantitative estimate of drug-likeness (QED) is 0.233. The molecule has 7 rings (SSSR count). The molecule has 4 heterocycles. The Hall–Kier alpha value is -1.98. The fraction of sp³-hybridized carbons (Fsp3) is 0.214. The van der Waals surface area contributed by atoms with Crippen molar-refractivity contribution in [3.63, 3.8) is 0 Å². The van der Waals surface area contributed by atoms with Crippen LogP contribution in [0.5, 0.6) is 0 Å². The molecule has 0 bridgehead atoms. The second-order valence-electron chi connectivity index (χ2n) is 9.08. The predicted octanol–water partition coefficient (Wildman–Crippen LogP) is 10.1. The van der Waals surface area contributed by atoms with Crippen molar-refractivity contribution in [1.82, 2.24) is 0 Å². The van der Waals surface area contributed by atoms with E-state index in [2.05, 4.69) is 76.2 Å². The average Bonchev–Trinajstić information content (AvgIpc) is 3.58. The van der Waals surface area contributed by atoms with Gasteiger partial charge in [-0.1, -0.05) is 13.8 Å². The number of hydrogen-bond donors (Lipinski definition) is 0. The maximum Gasteiger partial charge on any atom is 0.0452 e. The van der Waals surface area contributed by atoms with Gasteiger partial charge in [-0.05, 0) is 95.8 Å². The molecule has 2 aliphatic rings. The summed E-state index contributed by atoms with van der Waals surface area (Å²) in [5, 5.41) is 0. The molecule has 0 nitrogen and oxygen atoms in total. The lowest BCUT2D eigenvalue weighted by Crippen LogP contribution is -1.93. The molecule has 2 atom stereocenters. The van der Waals surface area contributed by atoms with Crippen LogP contribution < -0.4 is 0 Å². The van der Waals surface area contributed by atoms with Crippen LogP contribution in [0.4, 0.5) is 0 Å². The second-order valence-corrected chi connectivity index (χ2v) is 13.8. The Morgan fingerprint density at radius 2 is 0.938 bits per heavy atom. The first kappa shape index (κ1) is 19.5. The molecule has 2 aliphatic carbocycles. The summed E-state index contributed by atoms with van der Waals surface area (Å²) in [4.78, 5) is 11.4. The van der Waals surface area contributed by atoms with E-state index in [0.717, 1.165) is 0 Å². The molecule has 0 spiro atoms. The number of hydrogen-bond acceptors (Lipinski definition) is 4. The zero-order valence-electron chi connectivity index (χ0n) is 18.4. The second kappa shape index (κ2) is 6.77. The minimum atomic E-state index is 0.468. The summed E-state index contributed by atoms with van der Waals surface area (Å²) in [5.41, 5.74) is 9.02. The van der Waals surface area contributed by atoms with Gasteiger partial charge in [-0.3, -0.25) is 0 Å². The van der Waals surface area contributed by atoms with Crippen molar-refractivity contribution in [3.8, 4) is 40.4 Å². The van der Waals surface area contributed by atoms with Gasteiger partial charge in [0, 0.05) is 50.9 Å². The molecule has 0 N–H and O–H groups in total. The SMILES string of the molecule is Cc1ccc(-c2cc3c(s2)-c2cc4c(cc2C3C)-c2sc(-c3ccc(C)s3)cc2C4C)s1. The van der Waals surface area contributed by atoms with Crippen molar-refractivity contribution < 1.29 is 0 Å². The van der Waals surface area contributed by atoms with E-state index in [1.807, 2.05) is 45.3 Å². The standard InChI is InChI=1S/C28H22S4/c1-13-5-7-23(29-13)25-11-19-15(3)17-10-22-18(9-21(17)27(19)31-25)16(4)20-12-26(32-28(20)22)24-8-6-14(2)30-24/h5-12,15-16H,1-4H3. The van der Waals surface area contributed by atoms with Crippen molar-refractivity contribution in [2.75, 3.05) is 0 Å². The van der Waals surface area contributed by atoms with Crippen LogP contribution >= 0.6 is 45.3 Å². The summed E-state index contributed by atoms with van der Waals surface area (Å²) in [5.74, 6) is 0.935. The van der Waals surface area contributed by atoms with E-state index < -0.39 is 0 Å². The zero-order chi connectivity index (χ0) is 21.7. The summed E-state index contributed by atoms with van der Waals surface area (Å²) >= 11 is 7.78. The van der Waals surface area contributed by atoms with E-state index in [1.165, 1.54) is 72.4 Å². The van der Waals surface area contributed by atoms with Gasteiger partial charge in [0.05, 0.1) is 0 Å². The minimum absolute atomic E-state index is 0.468. The van der Waals surface area contributed by atoms with Gasteiger partial charge in [-0.2, -0.15) is 0 Å². The van der Waals surface area contributed by atoms with Crippen LogP contribution in [0, 0.1) is 13.8 Å². The van der Waals surface area contributed by atoms with Gasteiger partial charge < -0.3 is 0 Å². The summed E-state index contributed by atoms with van der Waals surface area (Å²) < 4.78 is 0. The topological polar surface area (TPSA) is 0 Å². The summed E-state index contributed by atoms with van der Waals surface area (Å²) in [6, 6.07) is 19.0. The first-order valence-electron chi connectivity index (χ1n) is 11.1. The molecule has 2 unspecified atom stereocenters. The van der Waals surface area contributed by atoms with Crippen molar-refractivity contribution >= 4 is 45.3 Å².